The maximum Gasteiger partial charge on any atom is 0.326 e. The monoisotopic (exact) mass is 661 g/mol. The van der Waals surface area contributed by atoms with Gasteiger partial charge in [0.2, 0.25) is 17.7 Å². The summed E-state index contributed by atoms with van der Waals surface area (Å²) in [6.45, 7) is 0. The number of carboxylic acids is 1. The van der Waals surface area contributed by atoms with E-state index in [0.29, 0.717) is 11.1 Å². The maximum atomic E-state index is 14.0. The van der Waals surface area contributed by atoms with Crippen LogP contribution in [0.2, 0.25) is 0 Å². The lowest BCUT2D eigenvalue weighted by Crippen LogP contribution is -2.58. The number of phenols is 1. The summed E-state index contributed by atoms with van der Waals surface area (Å²) in [6, 6.07) is 27.2. The lowest BCUT2D eigenvalue weighted by atomic mass is 10.0. The van der Waals surface area contributed by atoms with E-state index in [1.54, 1.807) is 48.7 Å². The first-order chi connectivity index (χ1) is 23.7. The van der Waals surface area contributed by atoms with E-state index in [9.17, 15) is 29.4 Å². The number of hydrogen-bond donors (Lipinski definition) is 7. The number of phenolic OH excluding ortho intramolecular Hbond substituents is 1. The van der Waals surface area contributed by atoms with Crippen molar-refractivity contribution in [3.63, 3.8) is 0 Å². The number of nitrogens with two attached hydrogens (primary N) is 1. The number of para-hydroxylation sites is 1. The minimum Gasteiger partial charge on any atom is -0.508 e. The molecule has 0 aliphatic rings. The molecule has 0 fully saturated rings. The second-order valence-corrected chi connectivity index (χ2v) is 11.9. The van der Waals surface area contributed by atoms with Crippen LogP contribution >= 0.6 is 0 Å². The first-order valence-corrected chi connectivity index (χ1v) is 16.0. The maximum absolute atomic E-state index is 14.0. The van der Waals surface area contributed by atoms with Crippen molar-refractivity contribution >= 4 is 34.6 Å². The van der Waals surface area contributed by atoms with Crippen molar-refractivity contribution in [3.8, 4) is 5.75 Å². The normalized spacial score (nSPS) is 13.5. The fourth-order valence-electron chi connectivity index (χ4n) is 5.64. The highest BCUT2D eigenvalue weighted by Crippen LogP contribution is 2.19. The van der Waals surface area contributed by atoms with Crippen molar-refractivity contribution in [1.29, 1.82) is 0 Å². The zero-order valence-electron chi connectivity index (χ0n) is 26.7. The summed E-state index contributed by atoms with van der Waals surface area (Å²) in [5, 5.41) is 28.8. The minimum atomic E-state index is -1.27. The molecule has 0 bridgehead atoms. The summed E-state index contributed by atoms with van der Waals surface area (Å²) >= 11 is 0. The lowest BCUT2D eigenvalue weighted by molar-refractivity contribution is -0.142. The van der Waals surface area contributed by atoms with Crippen molar-refractivity contribution in [2.45, 2.75) is 49.9 Å². The number of carbonyl (C=O) groups is 4. The van der Waals surface area contributed by atoms with E-state index in [4.69, 9.17) is 5.73 Å². The molecule has 252 valence electrons. The number of H-pyrrole nitrogens is 1. The number of aromatic nitrogens is 1. The molecule has 0 aliphatic carbocycles. The van der Waals surface area contributed by atoms with E-state index in [-0.39, 0.29) is 31.4 Å². The average Bonchev–Trinajstić information content (AvgIpc) is 3.51. The molecule has 3 amide bonds. The Bertz CT molecular complexity index is 1880. The van der Waals surface area contributed by atoms with E-state index < -0.39 is 47.9 Å². The van der Waals surface area contributed by atoms with E-state index in [1.807, 2.05) is 54.6 Å². The van der Waals surface area contributed by atoms with Gasteiger partial charge in [-0.15, -0.1) is 0 Å². The second-order valence-electron chi connectivity index (χ2n) is 11.9. The number of nitrogens with one attached hydrogen (secondary N) is 4. The molecule has 4 atom stereocenters. The summed E-state index contributed by atoms with van der Waals surface area (Å²) in [5.74, 6) is -3.12. The number of benzene rings is 4. The van der Waals surface area contributed by atoms with Gasteiger partial charge in [0, 0.05) is 36.4 Å². The molecule has 4 aromatic carbocycles. The molecular weight excluding hydrogens is 622 g/mol. The second kappa shape index (κ2) is 16.2. The quantitative estimate of drug-likeness (QED) is 0.0899. The molecule has 0 radical (unpaired) electrons. The van der Waals surface area contributed by atoms with Crippen LogP contribution in [0.25, 0.3) is 10.9 Å². The number of amides is 3. The van der Waals surface area contributed by atoms with Crippen LogP contribution in [0, 0.1) is 0 Å². The third-order valence-electron chi connectivity index (χ3n) is 8.27. The van der Waals surface area contributed by atoms with Crippen LogP contribution in [-0.2, 0) is 44.9 Å². The molecule has 0 spiro atoms. The topological polar surface area (TPSA) is 187 Å². The van der Waals surface area contributed by atoms with Crippen LogP contribution in [0.1, 0.15) is 22.3 Å². The van der Waals surface area contributed by atoms with Crippen LogP contribution < -0.4 is 21.7 Å². The Morgan fingerprint density at radius 1 is 0.592 bits per heavy atom. The van der Waals surface area contributed by atoms with Crippen molar-refractivity contribution in [2.75, 3.05) is 0 Å². The number of hydrogen-bond acceptors (Lipinski definition) is 6. The number of carboxylic acid groups (broad SMARTS) is 1. The molecule has 1 aromatic heterocycles. The van der Waals surface area contributed by atoms with E-state index in [2.05, 4.69) is 20.9 Å². The first-order valence-electron chi connectivity index (χ1n) is 16.0. The molecule has 8 N–H and O–H groups in total. The van der Waals surface area contributed by atoms with Crippen LogP contribution in [0.3, 0.4) is 0 Å². The van der Waals surface area contributed by atoms with Gasteiger partial charge in [-0.1, -0.05) is 91.0 Å². The zero-order chi connectivity index (χ0) is 34.8. The Kier molecular flexibility index (Phi) is 11.4. The number of fused-ring (bicyclic) bond motifs is 1. The molecule has 0 aliphatic heterocycles. The van der Waals surface area contributed by atoms with Gasteiger partial charge in [-0.2, -0.15) is 0 Å². The lowest BCUT2D eigenvalue weighted by Gasteiger charge is -2.25. The van der Waals surface area contributed by atoms with Crippen molar-refractivity contribution in [2.24, 2.45) is 5.73 Å². The smallest absolute Gasteiger partial charge is 0.326 e. The molecule has 5 rings (SSSR count). The Labute approximate surface area is 283 Å². The van der Waals surface area contributed by atoms with Gasteiger partial charge in [-0.3, -0.25) is 14.4 Å². The van der Waals surface area contributed by atoms with Crippen molar-refractivity contribution < 1.29 is 29.4 Å². The predicted molar refractivity (Wildman–Crippen MR) is 186 cm³/mol. The molecule has 0 saturated heterocycles. The van der Waals surface area contributed by atoms with Crippen molar-refractivity contribution in [3.05, 3.63) is 138 Å². The highest BCUT2D eigenvalue weighted by atomic mass is 16.4. The van der Waals surface area contributed by atoms with Gasteiger partial charge in [0.1, 0.15) is 23.9 Å². The Balaban J connectivity index is 1.35. The van der Waals surface area contributed by atoms with Gasteiger partial charge in [0.15, 0.2) is 0 Å². The molecular formula is C38H39N5O6. The largest absolute Gasteiger partial charge is 0.508 e. The summed E-state index contributed by atoms with van der Waals surface area (Å²) in [4.78, 5) is 56.5. The molecule has 49 heavy (non-hydrogen) atoms. The summed E-state index contributed by atoms with van der Waals surface area (Å²) in [5.41, 5.74) is 10.2. The Morgan fingerprint density at radius 3 is 1.63 bits per heavy atom. The number of carbonyl (C=O) groups excluding carboxylic acids is 3. The molecule has 11 nitrogen and oxygen atoms in total. The third kappa shape index (κ3) is 9.55. The molecule has 11 heteroatoms. The number of aromatic hydroxyl groups is 1. The van der Waals surface area contributed by atoms with E-state index >= 15 is 0 Å². The fourth-order valence-corrected chi connectivity index (χ4v) is 5.64. The number of aromatic amines is 1. The van der Waals surface area contributed by atoms with Gasteiger partial charge in [0.05, 0.1) is 6.04 Å². The van der Waals surface area contributed by atoms with Crippen molar-refractivity contribution in [1.82, 2.24) is 20.9 Å². The van der Waals surface area contributed by atoms with Gasteiger partial charge < -0.3 is 36.9 Å². The Hall–Kier alpha value is -5.94. The minimum absolute atomic E-state index is 0.0123. The van der Waals surface area contributed by atoms with Gasteiger partial charge >= 0.3 is 5.97 Å². The number of rotatable bonds is 15. The molecule has 1 heterocycles. The number of aliphatic carboxylic acids is 1. The molecule has 0 saturated carbocycles. The SMILES string of the molecule is NC(Cc1c[nH]c2ccccc12)C(=O)NC(Cc1ccccc1)C(=O)NC(Cc1ccc(O)cc1)C(=O)NC(Cc1ccccc1)C(=O)O. The Morgan fingerprint density at radius 2 is 1.06 bits per heavy atom. The highest BCUT2D eigenvalue weighted by Gasteiger charge is 2.31. The van der Waals surface area contributed by atoms with E-state index in [0.717, 1.165) is 22.0 Å². The fraction of sp³-hybridized carbons (Fsp3) is 0.211. The van der Waals surface area contributed by atoms with Crippen LogP contribution in [-0.4, -0.2) is 63.1 Å². The van der Waals surface area contributed by atoms with E-state index in [1.165, 1.54) is 12.1 Å². The molecule has 5 aromatic rings. The standard InChI is InChI=1S/C38H39N5O6/c39-30(22-27-23-40-31-14-8-7-13-29(27)31)35(45)41-32(19-24-9-3-1-4-10-24)36(46)42-33(20-26-15-17-28(44)18-16-26)37(47)43-34(38(48)49)21-25-11-5-2-6-12-25/h1-18,23,30,32-34,40,44H,19-22,39H2,(H,41,45)(H,42,46)(H,43,47)(H,48,49). The van der Waals surface area contributed by atoms with Crippen LogP contribution in [0.4, 0.5) is 0 Å². The zero-order valence-corrected chi connectivity index (χ0v) is 26.7. The third-order valence-corrected chi connectivity index (χ3v) is 8.27. The predicted octanol–water partition coefficient (Wildman–Crippen LogP) is 3.01. The summed E-state index contributed by atoms with van der Waals surface area (Å²) in [7, 11) is 0. The van der Waals surface area contributed by atoms with Crippen LogP contribution in [0.15, 0.2) is 115 Å². The van der Waals surface area contributed by atoms with Gasteiger partial charge in [-0.05, 0) is 46.9 Å². The molecule has 4 unspecified atom stereocenters. The average molecular weight is 662 g/mol. The van der Waals surface area contributed by atoms with Crippen LogP contribution in [0.5, 0.6) is 5.75 Å². The highest BCUT2D eigenvalue weighted by molar-refractivity contribution is 5.94. The first kappa shape index (κ1) is 34.4. The summed E-state index contributed by atoms with van der Waals surface area (Å²) < 4.78 is 0. The summed E-state index contributed by atoms with van der Waals surface area (Å²) in [6.07, 6.45) is 2.15. The van der Waals surface area contributed by atoms with Gasteiger partial charge in [-0.25, -0.2) is 4.79 Å². The van der Waals surface area contributed by atoms with Gasteiger partial charge in [0.25, 0.3) is 0 Å².